The number of esters is 1. The van der Waals surface area contributed by atoms with Crippen LogP contribution in [-0.2, 0) is 15.4 Å². The number of rotatable bonds is 4. The molecule has 0 aliphatic carbocycles. The summed E-state index contributed by atoms with van der Waals surface area (Å²) in [6.07, 6.45) is 0. The summed E-state index contributed by atoms with van der Waals surface area (Å²) >= 11 is 0. The first-order valence-electron chi connectivity index (χ1n) is 5.11. The van der Waals surface area contributed by atoms with E-state index in [1.165, 1.54) is 33.3 Å². The van der Waals surface area contributed by atoms with E-state index in [-0.39, 0.29) is 17.0 Å². The molecule has 0 aliphatic heterocycles. The monoisotopic (exact) mass is 273 g/mol. The average Bonchev–Trinajstić information content (AvgIpc) is 2.36. The van der Waals surface area contributed by atoms with E-state index in [1.807, 2.05) is 0 Å². The molecule has 1 atom stereocenters. The first kappa shape index (κ1) is 14.3. The zero-order valence-electron chi connectivity index (χ0n) is 10.3. The number of methoxy groups -OCH3 is 2. The van der Waals surface area contributed by atoms with Gasteiger partial charge < -0.3 is 15.2 Å². The molecule has 7 heteroatoms. The summed E-state index contributed by atoms with van der Waals surface area (Å²) in [5, 5.41) is -0.783. The minimum atomic E-state index is -2.68. The molecule has 1 unspecified atom stereocenters. The van der Waals surface area contributed by atoms with Gasteiger partial charge in [0.1, 0.15) is 22.0 Å². The molecule has 0 heterocycles. The van der Waals surface area contributed by atoms with Gasteiger partial charge in [0.25, 0.3) is 0 Å². The Bertz CT molecular complexity index is 530. The van der Waals surface area contributed by atoms with Crippen molar-refractivity contribution in [1.82, 2.24) is 0 Å². The van der Waals surface area contributed by atoms with Crippen molar-refractivity contribution in [2.75, 3.05) is 20.0 Å². The van der Waals surface area contributed by atoms with Gasteiger partial charge in [-0.25, -0.2) is 13.2 Å². The van der Waals surface area contributed by atoms with Crippen LogP contribution in [0.1, 0.15) is 28.1 Å². The zero-order valence-corrected chi connectivity index (χ0v) is 11.2. The fourth-order valence-electron chi connectivity index (χ4n) is 1.53. The van der Waals surface area contributed by atoms with Crippen LogP contribution < -0.4 is 10.5 Å². The van der Waals surface area contributed by atoms with Crippen LogP contribution in [0, 0.1) is 0 Å². The van der Waals surface area contributed by atoms with Gasteiger partial charge in [-0.1, -0.05) is 0 Å². The SMILES string of the molecule is COC(=O)c1cc(C(C)[SH](=O)=O)c(N)cc1OC. The van der Waals surface area contributed by atoms with Crippen LogP contribution in [0.15, 0.2) is 12.1 Å². The molecule has 0 saturated heterocycles. The van der Waals surface area contributed by atoms with Crippen molar-refractivity contribution in [3.63, 3.8) is 0 Å². The Labute approximate surface area is 107 Å². The Morgan fingerprint density at radius 2 is 1.94 bits per heavy atom. The maximum Gasteiger partial charge on any atom is 0.341 e. The van der Waals surface area contributed by atoms with E-state index in [2.05, 4.69) is 4.74 Å². The van der Waals surface area contributed by atoms with Gasteiger partial charge in [-0.05, 0) is 18.6 Å². The van der Waals surface area contributed by atoms with Crippen molar-refractivity contribution >= 4 is 22.4 Å². The smallest absolute Gasteiger partial charge is 0.341 e. The third-order valence-corrected chi connectivity index (χ3v) is 3.49. The zero-order chi connectivity index (χ0) is 13.9. The van der Waals surface area contributed by atoms with E-state index in [0.29, 0.717) is 5.56 Å². The van der Waals surface area contributed by atoms with Crippen molar-refractivity contribution in [1.29, 1.82) is 0 Å². The standard InChI is InChI=1S/C11H15NO5S/c1-6(18(14)15)7-4-8(11(13)17-3)10(16-2)5-9(7)12/h4-6,18H,12H2,1-3H3. The average molecular weight is 273 g/mol. The van der Waals surface area contributed by atoms with Crippen molar-refractivity contribution < 1.29 is 22.7 Å². The van der Waals surface area contributed by atoms with Gasteiger partial charge in [-0.15, -0.1) is 0 Å². The summed E-state index contributed by atoms with van der Waals surface area (Å²) in [4.78, 5) is 11.6. The van der Waals surface area contributed by atoms with Crippen molar-refractivity contribution in [3.8, 4) is 5.75 Å². The van der Waals surface area contributed by atoms with Gasteiger partial charge in [0, 0.05) is 11.8 Å². The molecule has 1 aromatic carbocycles. The molecule has 0 aromatic heterocycles. The molecule has 0 spiro atoms. The quantitative estimate of drug-likeness (QED) is 0.477. The number of anilines is 1. The van der Waals surface area contributed by atoms with Crippen molar-refractivity contribution in [2.45, 2.75) is 12.2 Å². The molecule has 0 aliphatic rings. The summed E-state index contributed by atoms with van der Waals surface area (Å²) in [7, 11) is -0.0582. The van der Waals surface area contributed by atoms with Gasteiger partial charge in [0.05, 0.1) is 19.5 Å². The molecule has 2 N–H and O–H groups in total. The molecule has 0 amide bonds. The number of thiol groups is 1. The fourth-order valence-corrected chi connectivity index (χ4v) is 1.98. The van der Waals surface area contributed by atoms with E-state index in [4.69, 9.17) is 10.5 Å². The number of nitrogen functional groups attached to an aromatic ring is 1. The highest BCUT2D eigenvalue weighted by molar-refractivity contribution is 7.72. The van der Waals surface area contributed by atoms with Crippen LogP contribution in [0.2, 0.25) is 0 Å². The predicted molar refractivity (Wildman–Crippen MR) is 67.5 cm³/mol. The highest BCUT2D eigenvalue weighted by Crippen LogP contribution is 2.31. The lowest BCUT2D eigenvalue weighted by Gasteiger charge is -2.13. The summed E-state index contributed by atoms with van der Waals surface area (Å²) in [6, 6.07) is 2.80. The van der Waals surface area contributed by atoms with Crippen LogP contribution in [0.25, 0.3) is 0 Å². The molecule has 6 nitrogen and oxygen atoms in total. The summed E-state index contributed by atoms with van der Waals surface area (Å²) < 4.78 is 31.6. The van der Waals surface area contributed by atoms with Gasteiger partial charge >= 0.3 is 5.97 Å². The molecule has 0 saturated carbocycles. The molecule has 0 fully saturated rings. The first-order chi connectivity index (χ1) is 8.42. The van der Waals surface area contributed by atoms with Crippen LogP contribution in [0.5, 0.6) is 5.75 Å². The summed E-state index contributed by atoms with van der Waals surface area (Å²) in [5.74, 6) is -0.363. The molecule has 1 aromatic rings. The maximum atomic E-state index is 11.6. The Kier molecular flexibility index (Phi) is 4.55. The second-order valence-corrected chi connectivity index (χ2v) is 4.98. The highest BCUT2D eigenvalue weighted by Gasteiger charge is 2.19. The first-order valence-corrected chi connectivity index (χ1v) is 6.36. The second kappa shape index (κ2) is 5.72. The third kappa shape index (κ3) is 2.73. The van der Waals surface area contributed by atoms with E-state index in [9.17, 15) is 13.2 Å². The Morgan fingerprint density at radius 1 is 1.33 bits per heavy atom. The molecule has 0 radical (unpaired) electrons. The van der Waals surface area contributed by atoms with Crippen LogP contribution in [-0.4, -0.2) is 28.6 Å². The Morgan fingerprint density at radius 3 is 2.39 bits per heavy atom. The van der Waals surface area contributed by atoms with Crippen LogP contribution in [0.4, 0.5) is 5.69 Å². The topological polar surface area (TPSA) is 95.7 Å². The molecule has 100 valence electrons. The van der Waals surface area contributed by atoms with E-state index in [0.717, 1.165) is 0 Å². The summed E-state index contributed by atoms with van der Waals surface area (Å²) in [6.45, 7) is 1.49. The van der Waals surface area contributed by atoms with E-state index >= 15 is 0 Å². The molecule has 0 bridgehead atoms. The van der Waals surface area contributed by atoms with Crippen LogP contribution >= 0.6 is 0 Å². The fraction of sp³-hybridized carbons (Fsp3) is 0.364. The molecule has 1 rings (SSSR count). The number of ether oxygens (including phenoxy) is 2. The van der Waals surface area contributed by atoms with E-state index < -0.39 is 21.9 Å². The Balaban J connectivity index is 3.43. The lowest BCUT2D eigenvalue weighted by molar-refractivity contribution is 0.0597. The van der Waals surface area contributed by atoms with Crippen LogP contribution in [0.3, 0.4) is 0 Å². The second-order valence-electron chi connectivity index (χ2n) is 3.63. The lowest BCUT2D eigenvalue weighted by Crippen LogP contribution is -2.09. The van der Waals surface area contributed by atoms with Crippen molar-refractivity contribution in [3.05, 3.63) is 23.3 Å². The Hall–Kier alpha value is -1.76. The number of benzene rings is 1. The summed E-state index contributed by atoms with van der Waals surface area (Å²) in [5.41, 5.74) is 6.50. The maximum absolute atomic E-state index is 11.6. The van der Waals surface area contributed by atoms with Crippen molar-refractivity contribution in [2.24, 2.45) is 0 Å². The number of hydrogen-bond acceptors (Lipinski definition) is 6. The normalized spacial score (nSPS) is 12.2. The minimum absolute atomic E-state index is 0.146. The van der Waals surface area contributed by atoms with Gasteiger partial charge in [-0.3, -0.25) is 0 Å². The molecule has 18 heavy (non-hydrogen) atoms. The van der Waals surface area contributed by atoms with Gasteiger partial charge in [0.2, 0.25) is 0 Å². The predicted octanol–water partition coefficient (Wildman–Crippen LogP) is 0.736. The molecular formula is C11H15NO5S. The number of carbonyl (C=O) groups excluding carboxylic acids is 1. The largest absolute Gasteiger partial charge is 0.496 e. The highest BCUT2D eigenvalue weighted by atomic mass is 32.2. The van der Waals surface area contributed by atoms with Gasteiger partial charge in [-0.2, -0.15) is 0 Å². The minimum Gasteiger partial charge on any atom is -0.496 e. The molecular weight excluding hydrogens is 258 g/mol. The van der Waals surface area contributed by atoms with Gasteiger partial charge in [0.15, 0.2) is 0 Å². The van der Waals surface area contributed by atoms with E-state index in [1.54, 1.807) is 0 Å². The number of carbonyl (C=O) groups is 1. The third-order valence-electron chi connectivity index (χ3n) is 2.58. The lowest BCUT2D eigenvalue weighted by atomic mass is 10.1. The number of hydrogen-bond donors (Lipinski definition) is 2. The number of nitrogens with two attached hydrogens (primary N) is 1.